The number of nitrogens with zero attached hydrogens (tertiary/aromatic N) is 2. The van der Waals surface area contributed by atoms with Crippen molar-refractivity contribution >= 4 is 21.8 Å². The highest BCUT2D eigenvalue weighted by Crippen LogP contribution is 2.22. The van der Waals surface area contributed by atoms with Crippen molar-refractivity contribution in [1.29, 1.82) is 0 Å². The summed E-state index contributed by atoms with van der Waals surface area (Å²) >= 11 is 0. The molecule has 4 rings (SSSR count). The van der Waals surface area contributed by atoms with Gasteiger partial charge in [-0.1, -0.05) is 79.4 Å². The van der Waals surface area contributed by atoms with E-state index >= 15 is 0 Å². The zero-order valence-corrected chi connectivity index (χ0v) is 25.5. The van der Waals surface area contributed by atoms with Crippen molar-refractivity contribution in [2.75, 3.05) is 20.7 Å². The minimum atomic E-state index is -3.93. The molecule has 0 unspecified atom stereocenters. The van der Waals surface area contributed by atoms with Crippen LogP contribution in [0.1, 0.15) is 48.8 Å². The number of hydrogen-bond donors (Lipinski definition) is 1. The maximum absolute atomic E-state index is 14.1. The molecule has 0 saturated heterocycles. The summed E-state index contributed by atoms with van der Waals surface area (Å²) in [5, 5.41) is 3.21. The molecule has 1 aliphatic rings. The number of nitrogens with one attached hydrogen (secondary N) is 1. The van der Waals surface area contributed by atoms with Gasteiger partial charge in [0.1, 0.15) is 11.8 Å². The number of carbonyl (C=O) groups excluding carboxylic acids is 2. The Morgan fingerprint density at radius 2 is 1.60 bits per heavy atom. The molecule has 2 amide bonds. The van der Waals surface area contributed by atoms with Crippen molar-refractivity contribution < 1.29 is 22.7 Å². The molecule has 3 aromatic carbocycles. The second kappa shape index (κ2) is 14.5. The molecular weight excluding hydrogens is 550 g/mol. The predicted octanol–water partition coefficient (Wildman–Crippen LogP) is 4.71. The number of methoxy groups -OCH3 is 1. The van der Waals surface area contributed by atoms with E-state index in [9.17, 15) is 18.0 Å². The third-order valence-electron chi connectivity index (χ3n) is 7.80. The van der Waals surface area contributed by atoms with Gasteiger partial charge in [-0.15, -0.1) is 0 Å². The van der Waals surface area contributed by atoms with Crippen LogP contribution in [0.15, 0.2) is 83.8 Å². The fourth-order valence-corrected chi connectivity index (χ4v) is 6.44. The minimum absolute atomic E-state index is 0.0582. The topological polar surface area (TPSA) is 96.0 Å². The number of hydrogen-bond acceptors (Lipinski definition) is 5. The molecule has 0 radical (unpaired) electrons. The third-order valence-corrected chi connectivity index (χ3v) is 9.61. The maximum Gasteiger partial charge on any atom is 0.243 e. The highest BCUT2D eigenvalue weighted by molar-refractivity contribution is 7.89. The minimum Gasteiger partial charge on any atom is -0.497 e. The summed E-state index contributed by atoms with van der Waals surface area (Å²) in [5.41, 5.74) is 2.62. The van der Waals surface area contributed by atoms with Crippen LogP contribution in [0.25, 0.3) is 0 Å². The molecule has 0 heterocycles. The Bertz CT molecular complexity index is 1440. The van der Waals surface area contributed by atoms with Crippen molar-refractivity contribution in [2.45, 2.75) is 69.0 Å². The van der Waals surface area contributed by atoms with Crippen LogP contribution >= 0.6 is 0 Å². The van der Waals surface area contributed by atoms with E-state index in [1.54, 1.807) is 19.2 Å². The Morgan fingerprint density at radius 3 is 2.26 bits per heavy atom. The molecule has 1 saturated carbocycles. The van der Waals surface area contributed by atoms with Crippen molar-refractivity contribution in [3.63, 3.8) is 0 Å². The lowest BCUT2D eigenvalue weighted by Gasteiger charge is -2.34. The monoisotopic (exact) mass is 591 g/mol. The van der Waals surface area contributed by atoms with E-state index in [2.05, 4.69) is 5.32 Å². The van der Waals surface area contributed by atoms with Crippen LogP contribution in [0.5, 0.6) is 5.75 Å². The number of amides is 2. The van der Waals surface area contributed by atoms with Gasteiger partial charge in [-0.3, -0.25) is 9.59 Å². The molecule has 0 spiro atoms. The van der Waals surface area contributed by atoms with Gasteiger partial charge >= 0.3 is 0 Å². The van der Waals surface area contributed by atoms with Gasteiger partial charge in [0.05, 0.1) is 18.6 Å². The Morgan fingerprint density at radius 1 is 0.929 bits per heavy atom. The second-order valence-corrected chi connectivity index (χ2v) is 13.0. The fourth-order valence-electron chi connectivity index (χ4n) is 5.32. The molecule has 1 fully saturated rings. The van der Waals surface area contributed by atoms with Gasteiger partial charge in [0.15, 0.2) is 0 Å². The molecule has 8 nitrogen and oxygen atoms in total. The summed E-state index contributed by atoms with van der Waals surface area (Å²) in [6.45, 7) is 1.58. The summed E-state index contributed by atoms with van der Waals surface area (Å²) in [6, 6.07) is 22.7. The molecule has 42 heavy (non-hydrogen) atoms. The van der Waals surface area contributed by atoms with Crippen LogP contribution in [-0.4, -0.2) is 62.2 Å². The highest BCUT2D eigenvalue weighted by Gasteiger charge is 2.34. The maximum atomic E-state index is 14.1. The van der Waals surface area contributed by atoms with Crippen molar-refractivity contribution in [3.05, 3.63) is 95.6 Å². The van der Waals surface area contributed by atoms with E-state index < -0.39 is 28.5 Å². The SMILES string of the molecule is COc1cccc(CN(C(=O)CN(C)S(=O)(=O)c2ccc(C)cc2)[C@H](Cc2ccccc2)C(=O)NC2CCCCC2)c1. The van der Waals surface area contributed by atoms with Gasteiger partial charge in [-0.05, 0) is 55.2 Å². The van der Waals surface area contributed by atoms with E-state index in [1.165, 1.54) is 24.1 Å². The average Bonchev–Trinajstić information content (AvgIpc) is 3.00. The lowest BCUT2D eigenvalue weighted by molar-refractivity contribution is -0.141. The Labute approximate surface area is 249 Å². The van der Waals surface area contributed by atoms with Gasteiger partial charge in [0.2, 0.25) is 21.8 Å². The summed E-state index contributed by atoms with van der Waals surface area (Å²) < 4.78 is 33.2. The number of rotatable bonds is 12. The smallest absolute Gasteiger partial charge is 0.243 e. The lowest BCUT2D eigenvalue weighted by atomic mass is 9.94. The number of likely N-dealkylation sites (N-methyl/N-ethyl adjacent to an activating group) is 1. The highest BCUT2D eigenvalue weighted by atomic mass is 32.2. The number of aryl methyl sites for hydroxylation is 1. The zero-order chi connectivity index (χ0) is 30.1. The van der Waals surface area contributed by atoms with Crippen molar-refractivity contribution in [1.82, 2.24) is 14.5 Å². The van der Waals surface area contributed by atoms with Gasteiger partial charge in [0.25, 0.3) is 0 Å². The Balaban J connectivity index is 1.67. The summed E-state index contributed by atoms with van der Waals surface area (Å²) in [5.74, 6) is -0.0630. The second-order valence-electron chi connectivity index (χ2n) is 11.0. The summed E-state index contributed by atoms with van der Waals surface area (Å²) in [4.78, 5) is 29.7. The molecule has 224 valence electrons. The van der Waals surface area contributed by atoms with Crippen LogP contribution in [0.3, 0.4) is 0 Å². The summed E-state index contributed by atoms with van der Waals surface area (Å²) in [7, 11) is -0.964. The number of carbonyl (C=O) groups is 2. The molecule has 0 bridgehead atoms. The van der Waals surface area contributed by atoms with Gasteiger partial charge in [-0.25, -0.2) is 8.42 Å². The molecule has 0 aromatic heterocycles. The van der Waals surface area contributed by atoms with Gasteiger partial charge in [-0.2, -0.15) is 4.31 Å². The quantitative estimate of drug-likeness (QED) is 0.329. The van der Waals surface area contributed by atoms with Crippen LogP contribution < -0.4 is 10.1 Å². The van der Waals surface area contributed by atoms with E-state index in [0.717, 1.165) is 53.1 Å². The first-order chi connectivity index (χ1) is 20.2. The first-order valence-corrected chi connectivity index (χ1v) is 15.9. The van der Waals surface area contributed by atoms with Gasteiger partial charge < -0.3 is 15.0 Å². The molecule has 9 heteroatoms. The average molecular weight is 592 g/mol. The molecule has 1 aliphatic carbocycles. The van der Waals surface area contributed by atoms with E-state index in [-0.39, 0.29) is 23.4 Å². The Hall–Kier alpha value is -3.69. The lowest BCUT2D eigenvalue weighted by Crippen LogP contribution is -2.54. The third kappa shape index (κ3) is 8.20. The van der Waals surface area contributed by atoms with E-state index in [1.807, 2.05) is 61.5 Å². The largest absolute Gasteiger partial charge is 0.497 e. The van der Waals surface area contributed by atoms with Crippen LogP contribution in [-0.2, 0) is 32.6 Å². The first kappa shape index (κ1) is 31.3. The zero-order valence-electron chi connectivity index (χ0n) is 24.7. The molecule has 1 atom stereocenters. The van der Waals surface area contributed by atoms with Crippen LogP contribution in [0.4, 0.5) is 0 Å². The van der Waals surface area contributed by atoms with E-state index in [4.69, 9.17) is 4.74 Å². The van der Waals surface area contributed by atoms with Crippen LogP contribution in [0, 0.1) is 6.92 Å². The Kier molecular flexibility index (Phi) is 10.8. The summed E-state index contributed by atoms with van der Waals surface area (Å²) in [6.07, 6.45) is 5.38. The van der Waals surface area contributed by atoms with Gasteiger partial charge in [0, 0.05) is 26.1 Å². The number of ether oxygens (including phenoxy) is 1. The standard InChI is InChI=1S/C33H41N3O5S/c1-25-17-19-30(20-18-25)42(39,40)35(2)24-32(37)36(23-27-13-10-16-29(21-27)41-3)31(22-26-11-6-4-7-12-26)33(38)34-28-14-8-5-9-15-28/h4,6-7,10-13,16-21,28,31H,5,8-9,14-15,22-24H2,1-3H3,(H,34,38)/t31-/m1/s1. The molecule has 0 aliphatic heterocycles. The number of sulfonamides is 1. The van der Waals surface area contributed by atoms with Crippen molar-refractivity contribution in [2.24, 2.45) is 0 Å². The van der Waals surface area contributed by atoms with Crippen LogP contribution in [0.2, 0.25) is 0 Å². The van der Waals surface area contributed by atoms with E-state index in [0.29, 0.717) is 12.2 Å². The fraction of sp³-hybridized carbons (Fsp3) is 0.394. The first-order valence-electron chi connectivity index (χ1n) is 14.5. The molecule has 1 N–H and O–H groups in total. The number of benzene rings is 3. The normalized spacial score (nSPS) is 14.8. The molecular formula is C33H41N3O5S. The molecule has 3 aromatic rings. The van der Waals surface area contributed by atoms with Crippen molar-refractivity contribution in [3.8, 4) is 5.75 Å². The predicted molar refractivity (Wildman–Crippen MR) is 163 cm³/mol.